The minimum Gasteiger partial charge on any atom is -0.377 e. The fourth-order valence-electron chi connectivity index (χ4n) is 2.19. The Bertz CT molecular complexity index is 360. The number of allylic oxidation sites excluding steroid dienone is 8. The first-order valence-corrected chi connectivity index (χ1v) is 9.70. The third-order valence-corrected chi connectivity index (χ3v) is 3.60. The molecule has 136 valence electrons. The van der Waals surface area contributed by atoms with Crippen LogP contribution in [0.3, 0.4) is 0 Å². The van der Waals surface area contributed by atoms with E-state index in [2.05, 4.69) is 62.1 Å². The fourth-order valence-corrected chi connectivity index (χ4v) is 2.19. The Hall–Kier alpha value is -1.34. The molecule has 0 aliphatic carbocycles. The van der Waals surface area contributed by atoms with E-state index in [-0.39, 0.29) is 0 Å². The number of hydrogen-bond acceptors (Lipinski definition) is 1. The molecule has 0 bridgehead atoms. The van der Waals surface area contributed by atoms with Crippen LogP contribution in [0.4, 0.5) is 0 Å². The van der Waals surface area contributed by atoms with E-state index in [0.717, 1.165) is 38.7 Å². The maximum atomic E-state index is 5.35. The Morgan fingerprint density at radius 2 is 1.17 bits per heavy atom. The molecule has 0 spiro atoms. The molecule has 0 aliphatic heterocycles. The van der Waals surface area contributed by atoms with E-state index in [1.807, 2.05) is 0 Å². The predicted molar refractivity (Wildman–Crippen MR) is 109 cm³/mol. The van der Waals surface area contributed by atoms with E-state index in [4.69, 9.17) is 4.74 Å². The highest BCUT2D eigenvalue weighted by Crippen LogP contribution is 2.01. The Labute approximate surface area is 150 Å². The van der Waals surface area contributed by atoms with Crippen molar-refractivity contribution in [1.29, 1.82) is 0 Å². The maximum Gasteiger partial charge on any atom is 0.0644 e. The summed E-state index contributed by atoms with van der Waals surface area (Å²) in [5.74, 6) is 0. The van der Waals surface area contributed by atoms with Gasteiger partial charge in [0.15, 0.2) is 0 Å². The zero-order chi connectivity index (χ0) is 17.6. The van der Waals surface area contributed by atoms with Crippen LogP contribution in [0.5, 0.6) is 0 Å². The molecule has 0 unspecified atom stereocenters. The molecule has 0 atom stereocenters. The van der Waals surface area contributed by atoms with Gasteiger partial charge in [-0.15, -0.1) is 6.58 Å². The number of hydrogen-bond donors (Lipinski definition) is 0. The molecule has 24 heavy (non-hydrogen) atoms. The molecule has 0 N–H and O–H groups in total. The van der Waals surface area contributed by atoms with E-state index < -0.39 is 0 Å². The largest absolute Gasteiger partial charge is 0.377 e. The lowest BCUT2D eigenvalue weighted by Gasteiger charge is -1.98. The Kier molecular flexibility index (Phi) is 20.5. The van der Waals surface area contributed by atoms with E-state index in [9.17, 15) is 0 Å². The molecule has 0 rings (SSSR count). The van der Waals surface area contributed by atoms with Gasteiger partial charge in [0.05, 0.1) is 6.61 Å². The van der Waals surface area contributed by atoms with Crippen molar-refractivity contribution in [3.63, 3.8) is 0 Å². The topological polar surface area (TPSA) is 9.23 Å². The summed E-state index contributed by atoms with van der Waals surface area (Å²) in [7, 11) is 0. The summed E-state index contributed by atoms with van der Waals surface area (Å²) < 4.78 is 5.35. The number of unbranched alkanes of at least 4 members (excludes halogenated alkanes) is 5. The molecule has 1 nitrogen and oxygen atoms in total. The summed E-state index contributed by atoms with van der Waals surface area (Å²) in [5, 5.41) is 0. The Balaban J connectivity index is 3.34. The number of ether oxygens (including phenoxy) is 1. The quantitative estimate of drug-likeness (QED) is 0.200. The molecule has 0 aromatic heterocycles. The van der Waals surface area contributed by atoms with E-state index >= 15 is 0 Å². The van der Waals surface area contributed by atoms with Crippen LogP contribution in [0.25, 0.3) is 0 Å². The van der Waals surface area contributed by atoms with Crippen LogP contribution in [-0.4, -0.2) is 13.2 Å². The molecular formula is C23H38O. The molecule has 0 aromatic rings. The van der Waals surface area contributed by atoms with Crippen molar-refractivity contribution in [3.8, 4) is 0 Å². The predicted octanol–water partition coefficient (Wildman–Crippen LogP) is 7.33. The average molecular weight is 331 g/mol. The lowest BCUT2D eigenvalue weighted by Crippen LogP contribution is -1.93. The minimum atomic E-state index is 0.671. The highest BCUT2D eigenvalue weighted by molar-refractivity contribution is 4.99. The Morgan fingerprint density at radius 3 is 1.67 bits per heavy atom. The van der Waals surface area contributed by atoms with Crippen LogP contribution in [0.15, 0.2) is 61.3 Å². The van der Waals surface area contributed by atoms with Gasteiger partial charge in [-0.1, -0.05) is 74.4 Å². The molecule has 1 heteroatoms. The molecule has 0 aromatic carbocycles. The third-order valence-electron chi connectivity index (χ3n) is 3.60. The van der Waals surface area contributed by atoms with Gasteiger partial charge < -0.3 is 4.74 Å². The molecule has 0 fully saturated rings. The SMILES string of the molecule is C=CCOCCCC/C=C\C/C=C\C/C=C\C/C=C\CCCCC. The first-order chi connectivity index (χ1) is 11.9. The minimum absolute atomic E-state index is 0.671. The molecule has 0 saturated carbocycles. The van der Waals surface area contributed by atoms with Crippen molar-refractivity contribution in [2.75, 3.05) is 13.2 Å². The molecule has 0 aliphatic rings. The zero-order valence-electron chi connectivity index (χ0n) is 15.8. The summed E-state index contributed by atoms with van der Waals surface area (Å²) in [6, 6.07) is 0. The smallest absolute Gasteiger partial charge is 0.0644 e. The second kappa shape index (κ2) is 21.7. The van der Waals surface area contributed by atoms with Gasteiger partial charge in [0, 0.05) is 6.61 Å². The molecule has 0 amide bonds. The summed E-state index contributed by atoms with van der Waals surface area (Å²) in [6.07, 6.45) is 31.8. The van der Waals surface area contributed by atoms with Gasteiger partial charge in [-0.3, -0.25) is 0 Å². The molecular weight excluding hydrogens is 292 g/mol. The first-order valence-electron chi connectivity index (χ1n) is 9.70. The zero-order valence-corrected chi connectivity index (χ0v) is 15.8. The van der Waals surface area contributed by atoms with Crippen LogP contribution < -0.4 is 0 Å². The summed E-state index contributed by atoms with van der Waals surface area (Å²) in [6.45, 7) is 7.40. The highest BCUT2D eigenvalue weighted by atomic mass is 16.5. The van der Waals surface area contributed by atoms with Crippen molar-refractivity contribution in [2.45, 2.75) is 71.1 Å². The van der Waals surface area contributed by atoms with Crippen molar-refractivity contribution >= 4 is 0 Å². The monoisotopic (exact) mass is 330 g/mol. The van der Waals surface area contributed by atoms with E-state index in [1.54, 1.807) is 6.08 Å². The highest BCUT2D eigenvalue weighted by Gasteiger charge is 1.86. The van der Waals surface area contributed by atoms with Crippen LogP contribution in [0, 0.1) is 0 Å². The van der Waals surface area contributed by atoms with Crippen molar-refractivity contribution in [2.24, 2.45) is 0 Å². The van der Waals surface area contributed by atoms with Crippen LogP contribution in [-0.2, 0) is 4.74 Å². The Morgan fingerprint density at radius 1 is 0.667 bits per heavy atom. The number of rotatable bonds is 17. The van der Waals surface area contributed by atoms with Gasteiger partial charge in [-0.2, -0.15) is 0 Å². The molecule has 0 heterocycles. The van der Waals surface area contributed by atoms with Gasteiger partial charge in [0.2, 0.25) is 0 Å². The fraction of sp³-hybridized carbons (Fsp3) is 0.565. The van der Waals surface area contributed by atoms with Crippen LogP contribution in [0.2, 0.25) is 0 Å². The van der Waals surface area contributed by atoms with Gasteiger partial charge in [0.25, 0.3) is 0 Å². The summed E-state index contributed by atoms with van der Waals surface area (Å²) in [5.41, 5.74) is 0. The van der Waals surface area contributed by atoms with E-state index in [1.165, 1.54) is 32.1 Å². The maximum absolute atomic E-state index is 5.35. The van der Waals surface area contributed by atoms with Gasteiger partial charge in [-0.25, -0.2) is 0 Å². The normalized spacial score (nSPS) is 12.4. The van der Waals surface area contributed by atoms with E-state index in [0.29, 0.717) is 6.61 Å². The van der Waals surface area contributed by atoms with Gasteiger partial charge in [-0.05, 0) is 51.4 Å². The second-order valence-electron chi connectivity index (χ2n) is 5.95. The molecule has 0 radical (unpaired) electrons. The molecule has 0 saturated heterocycles. The lowest BCUT2D eigenvalue weighted by molar-refractivity contribution is 0.158. The van der Waals surface area contributed by atoms with Crippen LogP contribution >= 0.6 is 0 Å². The van der Waals surface area contributed by atoms with Crippen molar-refractivity contribution in [3.05, 3.63) is 61.3 Å². The lowest BCUT2D eigenvalue weighted by atomic mass is 10.2. The average Bonchev–Trinajstić information content (AvgIpc) is 2.60. The standard InChI is InChI=1S/C23H38O/c1-3-5-6-7-8-9-10-11-12-13-14-15-16-17-18-19-20-21-23-24-22-4-2/h4,8-9,11-12,14-15,17-18H,2-3,5-7,10,13,16,19-23H2,1H3/b9-8-,12-11-,15-14-,18-17-. The summed E-state index contributed by atoms with van der Waals surface area (Å²) >= 11 is 0. The van der Waals surface area contributed by atoms with Crippen molar-refractivity contribution < 1.29 is 4.74 Å². The van der Waals surface area contributed by atoms with Crippen LogP contribution in [0.1, 0.15) is 71.1 Å². The van der Waals surface area contributed by atoms with Crippen molar-refractivity contribution in [1.82, 2.24) is 0 Å². The second-order valence-corrected chi connectivity index (χ2v) is 5.95. The first kappa shape index (κ1) is 22.7. The third kappa shape index (κ3) is 20.7. The van der Waals surface area contributed by atoms with Gasteiger partial charge >= 0.3 is 0 Å². The summed E-state index contributed by atoms with van der Waals surface area (Å²) in [4.78, 5) is 0. The van der Waals surface area contributed by atoms with Gasteiger partial charge in [0.1, 0.15) is 0 Å².